The molecule has 0 saturated heterocycles. The number of aryl methyl sites for hydroxylation is 2. The summed E-state index contributed by atoms with van der Waals surface area (Å²) in [5.41, 5.74) is 2.24. The Kier molecular flexibility index (Phi) is 7.77. The minimum Gasteiger partial charge on any atom is -0.492 e. The normalized spacial score (nSPS) is 11.1. The van der Waals surface area contributed by atoms with Crippen LogP contribution in [0.2, 0.25) is 5.02 Å². The van der Waals surface area contributed by atoms with Crippen LogP contribution in [-0.2, 0) is 14.8 Å². The van der Waals surface area contributed by atoms with Crippen molar-refractivity contribution in [1.29, 1.82) is 0 Å². The van der Waals surface area contributed by atoms with Crippen LogP contribution in [0.25, 0.3) is 0 Å². The summed E-state index contributed by atoms with van der Waals surface area (Å²) >= 11 is 6.27. The average molecular weight is 473 g/mol. The molecule has 6 nitrogen and oxygen atoms in total. The number of carbonyl (C=O) groups is 1. The zero-order chi connectivity index (χ0) is 23.1. The molecule has 1 amide bonds. The van der Waals surface area contributed by atoms with E-state index in [1.807, 2.05) is 38.1 Å². The molecule has 0 unspecified atom stereocenters. The van der Waals surface area contributed by atoms with E-state index in [0.717, 1.165) is 15.4 Å². The van der Waals surface area contributed by atoms with Gasteiger partial charge in [-0.05, 0) is 55.8 Å². The summed E-state index contributed by atoms with van der Waals surface area (Å²) < 4.78 is 33.3. The number of nitrogens with zero attached hydrogens (tertiary/aromatic N) is 1. The van der Waals surface area contributed by atoms with Crippen molar-refractivity contribution in [2.24, 2.45) is 0 Å². The molecule has 0 heterocycles. The second-order valence-electron chi connectivity index (χ2n) is 7.29. The fourth-order valence-electron chi connectivity index (χ4n) is 3.04. The smallest absolute Gasteiger partial charge is 0.264 e. The van der Waals surface area contributed by atoms with Gasteiger partial charge in [0.25, 0.3) is 10.0 Å². The van der Waals surface area contributed by atoms with Crippen molar-refractivity contribution in [3.63, 3.8) is 0 Å². The first-order valence-electron chi connectivity index (χ1n) is 10.1. The quantitative estimate of drug-likeness (QED) is 0.470. The number of rotatable bonds is 9. The van der Waals surface area contributed by atoms with E-state index in [1.54, 1.807) is 36.4 Å². The number of anilines is 1. The highest BCUT2D eigenvalue weighted by Crippen LogP contribution is 2.30. The molecule has 32 heavy (non-hydrogen) atoms. The first-order valence-corrected chi connectivity index (χ1v) is 11.9. The second-order valence-corrected chi connectivity index (χ2v) is 9.56. The Morgan fingerprint density at radius 1 is 0.969 bits per heavy atom. The number of para-hydroxylation sites is 1. The van der Waals surface area contributed by atoms with Gasteiger partial charge in [0.2, 0.25) is 5.91 Å². The molecule has 1 N–H and O–H groups in total. The van der Waals surface area contributed by atoms with Crippen LogP contribution in [0.4, 0.5) is 5.69 Å². The van der Waals surface area contributed by atoms with E-state index in [2.05, 4.69) is 5.32 Å². The van der Waals surface area contributed by atoms with Crippen molar-refractivity contribution in [3.8, 4) is 5.75 Å². The third kappa shape index (κ3) is 6.02. The zero-order valence-electron chi connectivity index (χ0n) is 17.9. The Morgan fingerprint density at radius 2 is 1.69 bits per heavy atom. The molecule has 0 aromatic heterocycles. The van der Waals surface area contributed by atoms with Gasteiger partial charge in [0, 0.05) is 0 Å². The van der Waals surface area contributed by atoms with Gasteiger partial charge in [-0.15, -0.1) is 0 Å². The molecule has 0 aliphatic rings. The SMILES string of the molecule is Cc1ccc(S(=O)(=O)N(CC(=O)NCCOc2cccc(C)c2)c2ccccc2Cl)cc1. The first-order chi connectivity index (χ1) is 15.3. The Balaban J connectivity index is 1.72. The number of nitrogens with one attached hydrogen (secondary N) is 1. The fraction of sp³-hybridized carbons (Fsp3) is 0.208. The van der Waals surface area contributed by atoms with Crippen LogP contribution in [-0.4, -0.2) is 34.0 Å². The number of halogens is 1. The summed E-state index contributed by atoms with van der Waals surface area (Å²) in [6.45, 7) is 3.91. The van der Waals surface area contributed by atoms with Gasteiger partial charge in [0.1, 0.15) is 18.9 Å². The van der Waals surface area contributed by atoms with Crippen LogP contribution in [0.15, 0.2) is 77.7 Å². The second kappa shape index (κ2) is 10.5. The summed E-state index contributed by atoms with van der Waals surface area (Å²) in [6.07, 6.45) is 0. The molecule has 0 aliphatic carbocycles. The molecule has 0 bridgehead atoms. The number of ether oxygens (including phenoxy) is 1. The van der Waals surface area contributed by atoms with E-state index in [0.29, 0.717) is 5.75 Å². The molecule has 0 atom stereocenters. The summed E-state index contributed by atoms with van der Waals surface area (Å²) in [7, 11) is -4.01. The molecule has 3 aromatic carbocycles. The van der Waals surface area contributed by atoms with Crippen LogP contribution < -0.4 is 14.4 Å². The molecule has 0 saturated carbocycles. The van der Waals surface area contributed by atoms with Crippen molar-refractivity contribution in [3.05, 3.63) is 88.9 Å². The maximum Gasteiger partial charge on any atom is 0.264 e. The highest BCUT2D eigenvalue weighted by molar-refractivity contribution is 7.92. The van der Waals surface area contributed by atoms with E-state index in [9.17, 15) is 13.2 Å². The summed E-state index contributed by atoms with van der Waals surface area (Å²) in [5.74, 6) is 0.243. The lowest BCUT2D eigenvalue weighted by Crippen LogP contribution is -2.42. The van der Waals surface area contributed by atoms with Crippen LogP contribution in [0.1, 0.15) is 11.1 Å². The highest BCUT2D eigenvalue weighted by atomic mass is 35.5. The van der Waals surface area contributed by atoms with Crippen molar-refractivity contribution in [2.45, 2.75) is 18.7 Å². The van der Waals surface area contributed by atoms with Crippen molar-refractivity contribution in [2.75, 3.05) is 24.0 Å². The van der Waals surface area contributed by atoms with Gasteiger partial charge < -0.3 is 10.1 Å². The Bertz CT molecular complexity index is 1180. The molecular weight excluding hydrogens is 448 g/mol. The number of sulfonamides is 1. The molecular formula is C24H25ClN2O4S. The zero-order valence-corrected chi connectivity index (χ0v) is 19.5. The van der Waals surface area contributed by atoms with Gasteiger partial charge in [-0.25, -0.2) is 8.42 Å². The molecule has 3 rings (SSSR count). The van der Waals surface area contributed by atoms with Gasteiger partial charge in [-0.2, -0.15) is 0 Å². The molecule has 0 fully saturated rings. The van der Waals surface area contributed by atoms with E-state index >= 15 is 0 Å². The van der Waals surface area contributed by atoms with E-state index in [4.69, 9.17) is 16.3 Å². The van der Waals surface area contributed by atoms with Crippen LogP contribution in [0, 0.1) is 13.8 Å². The maximum absolute atomic E-state index is 13.3. The van der Waals surface area contributed by atoms with E-state index < -0.39 is 22.5 Å². The lowest BCUT2D eigenvalue weighted by atomic mass is 10.2. The predicted octanol–water partition coefficient (Wildman–Crippen LogP) is 4.35. The summed E-state index contributed by atoms with van der Waals surface area (Å²) in [6, 6.07) is 20.6. The van der Waals surface area contributed by atoms with Crippen LogP contribution >= 0.6 is 11.6 Å². The maximum atomic E-state index is 13.3. The number of benzene rings is 3. The summed E-state index contributed by atoms with van der Waals surface area (Å²) in [5, 5.41) is 2.94. The molecule has 168 valence electrons. The van der Waals surface area contributed by atoms with Gasteiger partial charge in [-0.3, -0.25) is 9.10 Å². The van der Waals surface area contributed by atoms with Crippen LogP contribution in [0.3, 0.4) is 0 Å². The minimum absolute atomic E-state index is 0.0820. The number of hydrogen-bond donors (Lipinski definition) is 1. The highest BCUT2D eigenvalue weighted by Gasteiger charge is 2.28. The minimum atomic E-state index is -4.01. The average Bonchev–Trinajstić information content (AvgIpc) is 2.76. The summed E-state index contributed by atoms with van der Waals surface area (Å²) in [4.78, 5) is 12.7. The van der Waals surface area contributed by atoms with Crippen molar-refractivity contribution >= 4 is 33.2 Å². The topological polar surface area (TPSA) is 75.7 Å². The van der Waals surface area contributed by atoms with Crippen LogP contribution in [0.5, 0.6) is 5.75 Å². The third-order valence-electron chi connectivity index (χ3n) is 4.70. The predicted molar refractivity (Wildman–Crippen MR) is 127 cm³/mol. The molecule has 3 aromatic rings. The Hall–Kier alpha value is -3.03. The van der Waals surface area contributed by atoms with Gasteiger partial charge in [0.15, 0.2) is 0 Å². The molecule has 8 heteroatoms. The Morgan fingerprint density at radius 3 is 2.38 bits per heavy atom. The van der Waals surface area contributed by atoms with E-state index in [-0.39, 0.29) is 28.8 Å². The first kappa shape index (κ1) is 23.6. The standard InChI is InChI=1S/C24H25ClN2O4S/c1-18-10-12-21(13-11-18)32(29,30)27(23-9-4-3-8-22(23)25)17-24(28)26-14-15-31-20-7-5-6-19(2)16-20/h3-13,16H,14-15,17H2,1-2H3,(H,26,28). The number of amides is 1. The molecule has 0 radical (unpaired) electrons. The lowest BCUT2D eigenvalue weighted by Gasteiger charge is -2.25. The van der Waals surface area contributed by atoms with Gasteiger partial charge >= 0.3 is 0 Å². The fourth-order valence-corrected chi connectivity index (χ4v) is 4.77. The van der Waals surface area contributed by atoms with E-state index in [1.165, 1.54) is 12.1 Å². The largest absolute Gasteiger partial charge is 0.492 e. The third-order valence-corrected chi connectivity index (χ3v) is 6.79. The van der Waals surface area contributed by atoms with Crippen molar-refractivity contribution < 1.29 is 17.9 Å². The van der Waals surface area contributed by atoms with Crippen molar-refractivity contribution in [1.82, 2.24) is 5.32 Å². The number of hydrogen-bond acceptors (Lipinski definition) is 4. The molecule has 0 spiro atoms. The van der Waals surface area contributed by atoms with Gasteiger partial charge in [0.05, 0.1) is 22.2 Å². The monoisotopic (exact) mass is 472 g/mol. The lowest BCUT2D eigenvalue weighted by molar-refractivity contribution is -0.119. The van der Waals surface area contributed by atoms with Gasteiger partial charge in [-0.1, -0.05) is 53.6 Å². The Labute approximate surface area is 193 Å². The number of carbonyl (C=O) groups excluding carboxylic acids is 1. The molecule has 0 aliphatic heterocycles.